The van der Waals surface area contributed by atoms with Crippen molar-refractivity contribution in [2.24, 2.45) is 4.99 Å². The average molecular weight is 1260 g/mol. The molecule has 0 aliphatic heterocycles. The minimum Gasteiger partial charge on any atom is -0.253 e. The summed E-state index contributed by atoms with van der Waals surface area (Å²) in [6.07, 6.45) is 0. The molecule has 16 aromatic rings. The molecule has 1 nitrogen and oxygen atoms in total. The maximum atomic E-state index is 5.08. The number of para-hydroxylation sites is 1. The van der Waals surface area contributed by atoms with Gasteiger partial charge in [0.05, 0.1) is 16.5 Å². The van der Waals surface area contributed by atoms with Crippen LogP contribution in [0.5, 0.6) is 0 Å². The second kappa shape index (κ2) is 24.1. The molecule has 1 heteroatoms. The second-order valence-electron chi connectivity index (χ2n) is 26.8. The topological polar surface area (TPSA) is 12.4 Å². The molecule has 0 amide bonds. The van der Waals surface area contributed by atoms with Crippen LogP contribution in [0.1, 0.15) is 68.1 Å². The first kappa shape index (κ1) is 59.2. The fourth-order valence-electron chi connectivity index (χ4n) is 17.1. The lowest BCUT2D eigenvalue weighted by atomic mass is 9.52. The highest BCUT2D eigenvalue weighted by atomic mass is 14.7. The van der Waals surface area contributed by atoms with E-state index in [0.717, 1.165) is 39.2 Å². The van der Waals surface area contributed by atoms with Crippen molar-refractivity contribution in [2.75, 3.05) is 0 Å². The molecule has 0 saturated heterocycles. The number of benzene rings is 16. The van der Waals surface area contributed by atoms with Crippen LogP contribution in [0.25, 0.3) is 111 Å². The Morgan fingerprint density at radius 3 is 1.01 bits per heavy atom. The van der Waals surface area contributed by atoms with Crippen LogP contribution in [0.15, 0.2) is 369 Å². The van der Waals surface area contributed by atoms with Gasteiger partial charge >= 0.3 is 0 Å². The van der Waals surface area contributed by atoms with Gasteiger partial charge in [0.2, 0.25) is 0 Å². The molecular weight excluding hydrogens is 1190 g/mol. The summed E-state index contributed by atoms with van der Waals surface area (Å²) in [7, 11) is 0. The molecule has 3 aliphatic rings. The van der Waals surface area contributed by atoms with Crippen LogP contribution < -0.4 is 0 Å². The Labute approximate surface area is 580 Å². The fourth-order valence-corrected chi connectivity index (χ4v) is 17.1. The summed E-state index contributed by atoms with van der Waals surface area (Å²) in [5.41, 5.74) is 34.3. The molecule has 2 spiro atoms. The monoisotopic (exact) mass is 1260 g/mol. The smallest absolute Gasteiger partial charge is 0.0720 e. The van der Waals surface area contributed by atoms with Crippen LogP contribution in [0, 0.1) is 13.8 Å². The van der Waals surface area contributed by atoms with Gasteiger partial charge in [0.15, 0.2) is 0 Å². The molecule has 0 aromatic heterocycles. The van der Waals surface area contributed by atoms with Gasteiger partial charge in [0.25, 0.3) is 0 Å². The third kappa shape index (κ3) is 9.40. The van der Waals surface area contributed by atoms with E-state index >= 15 is 0 Å². The molecule has 3 aliphatic carbocycles. The minimum atomic E-state index is -0.625. The first-order chi connectivity index (χ1) is 48.9. The van der Waals surface area contributed by atoms with Crippen LogP contribution in [-0.4, -0.2) is 5.71 Å². The van der Waals surface area contributed by atoms with E-state index in [1.807, 2.05) is 18.2 Å². The lowest BCUT2D eigenvalue weighted by molar-refractivity contribution is 0.633. The predicted octanol–water partition coefficient (Wildman–Crippen LogP) is 25.5. The Morgan fingerprint density at radius 2 is 0.566 bits per heavy atom. The van der Waals surface area contributed by atoms with Crippen molar-refractivity contribution >= 4 is 32.9 Å². The Bertz CT molecular complexity index is 5780. The van der Waals surface area contributed by atoms with Crippen molar-refractivity contribution in [1.29, 1.82) is 0 Å². The van der Waals surface area contributed by atoms with Gasteiger partial charge in [-0.25, -0.2) is 0 Å². The largest absolute Gasteiger partial charge is 0.253 e. The third-order valence-electron chi connectivity index (χ3n) is 21.5. The van der Waals surface area contributed by atoms with Crippen molar-refractivity contribution in [2.45, 2.75) is 31.6 Å². The number of hydrogen-bond donors (Lipinski definition) is 0. The second-order valence-corrected chi connectivity index (χ2v) is 26.8. The van der Waals surface area contributed by atoms with Crippen LogP contribution in [0.4, 0.5) is 5.69 Å². The third-order valence-corrected chi connectivity index (χ3v) is 21.5. The van der Waals surface area contributed by atoms with Gasteiger partial charge in [-0.15, -0.1) is 0 Å². The molecule has 0 saturated carbocycles. The van der Waals surface area contributed by atoms with E-state index in [1.54, 1.807) is 0 Å². The van der Waals surface area contributed by atoms with Gasteiger partial charge in [-0.05, 0) is 211 Å². The van der Waals surface area contributed by atoms with Gasteiger partial charge in [-0.3, -0.25) is 4.99 Å². The van der Waals surface area contributed by atoms with Crippen LogP contribution >= 0.6 is 0 Å². The first-order valence-electron chi connectivity index (χ1n) is 34.6. The van der Waals surface area contributed by atoms with Gasteiger partial charge in [-0.2, -0.15) is 0 Å². The van der Waals surface area contributed by atoms with Crippen molar-refractivity contribution in [1.82, 2.24) is 0 Å². The Hall–Kier alpha value is -12.3. The number of fused-ring (bicyclic) bond motifs is 18. The van der Waals surface area contributed by atoms with E-state index in [4.69, 9.17) is 4.99 Å². The quantitative estimate of drug-likeness (QED) is 0.106. The summed E-state index contributed by atoms with van der Waals surface area (Å²) in [5, 5.41) is 4.78. The highest BCUT2D eigenvalue weighted by Crippen LogP contribution is 2.68. The summed E-state index contributed by atoms with van der Waals surface area (Å²) in [6, 6.07) is 136. The zero-order valence-corrected chi connectivity index (χ0v) is 55.6. The lowest BCUT2D eigenvalue weighted by Crippen LogP contribution is -2.43. The summed E-state index contributed by atoms with van der Waals surface area (Å²) in [4.78, 5) is 5.08. The van der Waals surface area contributed by atoms with Crippen molar-refractivity contribution in [3.05, 3.63) is 425 Å². The molecule has 0 N–H and O–H groups in total. The fraction of sp³-hybridized carbons (Fsp3) is 0.0510. The van der Waals surface area contributed by atoms with E-state index in [-0.39, 0.29) is 0 Å². The number of aliphatic imine (C=N–C) groups is 1. The van der Waals surface area contributed by atoms with E-state index in [0.29, 0.717) is 0 Å². The molecule has 466 valence electrons. The number of nitrogens with zero attached hydrogens (tertiary/aromatic N) is 1. The van der Waals surface area contributed by atoms with Crippen molar-refractivity contribution in [3.63, 3.8) is 0 Å². The molecule has 0 bridgehead atoms. The predicted molar refractivity (Wildman–Crippen MR) is 416 cm³/mol. The highest BCUT2D eigenvalue weighted by Gasteiger charge is 2.59. The average Bonchev–Trinajstić information content (AvgIpc) is 1.56. The lowest BCUT2D eigenvalue weighted by Gasteiger charge is -2.49. The molecule has 99 heavy (non-hydrogen) atoms. The van der Waals surface area contributed by atoms with Gasteiger partial charge in [-0.1, -0.05) is 345 Å². The van der Waals surface area contributed by atoms with Crippen molar-refractivity contribution < 1.29 is 0 Å². The molecule has 0 atom stereocenters. The highest BCUT2D eigenvalue weighted by molar-refractivity contribution is 6.24. The summed E-state index contributed by atoms with van der Waals surface area (Å²) < 4.78 is 0. The number of rotatable bonds is 8. The van der Waals surface area contributed by atoms with E-state index in [9.17, 15) is 0 Å². The Morgan fingerprint density at radius 1 is 0.232 bits per heavy atom. The van der Waals surface area contributed by atoms with Crippen molar-refractivity contribution in [3.8, 4) is 89.0 Å². The molecule has 16 aromatic carbocycles. The van der Waals surface area contributed by atoms with Gasteiger partial charge in [0.1, 0.15) is 0 Å². The van der Waals surface area contributed by atoms with Crippen LogP contribution in [0.2, 0.25) is 0 Å². The zero-order chi connectivity index (χ0) is 66.2. The number of hydrogen-bond acceptors (Lipinski definition) is 1. The van der Waals surface area contributed by atoms with Gasteiger partial charge < -0.3 is 0 Å². The number of aryl methyl sites for hydroxylation is 2. The molecule has 0 unspecified atom stereocenters. The molecule has 0 heterocycles. The SMILES string of the molecule is CC(=Nc1ccccc1C)c1ccc(-c2ccc3c(-c4ccccc4-c4ccccc4)c4cc(-c5ccc6c(c5)C5(c7ccccc7-c7ccccc75)c5ccccc5C65c6ccccc6-c6ccccc65)ccc4c(-c4ccccc4-c4ccccc4)c3c2)cc1.Cc1ccccc1. The molecule has 0 radical (unpaired) electrons. The van der Waals surface area contributed by atoms with Crippen LogP contribution in [-0.2, 0) is 10.8 Å². The molecule has 19 rings (SSSR count). The Kier molecular flexibility index (Phi) is 14.4. The standard InChI is InChI=1S/C91H61N.C7H8/c1-58-25-9-24-44-87(58)92-59(2)60-45-47-61(48-46-60)64-49-52-75-77(55-64)88(73-36-12-10-30-67(73)62-26-5-3-6-27-62)76-53-50-65(56-78(76)89(75)74-37-13-11-31-68(74)63-28-7-4-8-29-63)66-51-54-85-86(57-66)91(81-40-20-16-34-71(81)72-35-17-21-41-82(72)91)84-43-23-22-42-83(84)90(85)79-38-18-14-32-69(79)70-33-15-19-39-80(70)90;1-7-5-3-2-4-6-7/h3-57H,1-2H3;2-6H,1H3. The normalized spacial score (nSPS) is 13.2. The van der Waals surface area contributed by atoms with Gasteiger partial charge in [0, 0.05) is 5.71 Å². The maximum Gasteiger partial charge on any atom is 0.0720 e. The van der Waals surface area contributed by atoms with E-state index in [1.165, 1.54) is 144 Å². The summed E-state index contributed by atoms with van der Waals surface area (Å²) >= 11 is 0. The minimum absolute atomic E-state index is 0.581. The summed E-state index contributed by atoms with van der Waals surface area (Å²) in [5.74, 6) is 0. The Balaban J connectivity index is 0.000000955. The van der Waals surface area contributed by atoms with E-state index in [2.05, 4.69) is 367 Å². The first-order valence-corrected chi connectivity index (χ1v) is 34.6. The van der Waals surface area contributed by atoms with Crippen LogP contribution in [0.3, 0.4) is 0 Å². The maximum absolute atomic E-state index is 5.08. The van der Waals surface area contributed by atoms with E-state index < -0.39 is 10.8 Å². The zero-order valence-electron chi connectivity index (χ0n) is 55.6. The summed E-state index contributed by atoms with van der Waals surface area (Å²) in [6.45, 7) is 6.31. The molecule has 0 fully saturated rings. The molecular formula is C98H69N.